The quantitative estimate of drug-likeness (QED) is 0.811. The lowest BCUT2D eigenvalue weighted by Gasteiger charge is -2.16. The minimum absolute atomic E-state index is 0.0225. The SMILES string of the molecule is CC(=O)c1ccc(OCC(=O)Nc2cccc(N3CCCC3=O)c2)cc1. The Hall–Kier alpha value is -3.15. The molecule has 6 heteroatoms. The number of ketones is 1. The maximum Gasteiger partial charge on any atom is 0.262 e. The third kappa shape index (κ3) is 4.27. The number of hydrogen-bond donors (Lipinski definition) is 1. The maximum absolute atomic E-state index is 12.1. The molecule has 134 valence electrons. The van der Waals surface area contributed by atoms with Crippen LogP contribution in [0.25, 0.3) is 0 Å². The molecule has 0 atom stereocenters. The summed E-state index contributed by atoms with van der Waals surface area (Å²) in [6.07, 6.45) is 1.42. The number of Topliss-reactive ketones (excluding diaryl/α,β-unsaturated/α-hetero) is 1. The van der Waals surface area contributed by atoms with Gasteiger partial charge in [-0.2, -0.15) is 0 Å². The fraction of sp³-hybridized carbons (Fsp3) is 0.250. The molecule has 0 spiro atoms. The van der Waals surface area contributed by atoms with Gasteiger partial charge in [0.2, 0.25) is 5.91 Å². The molecule has 0 unspecified atom stereocenters. The van der Waals surface area contributed by atoms with E-state index in [1.54, 1.807) is 47.4 Å². The Bertz CT molecular complexity index is 830. The van der Waals surface area contributed by atoms with Crippen LogP contribution in [0.4, 0.5) is 11.4 Å². The number of rotatable bonds is 6. The minimum atomic E-state index is -0.300. The summed E-state index contributed by atoms with van der Waals surface area (Å²) >= 11 is 0. The van der Waals surface area contributed by atoms with Gasteiger partial charge in [0.1, 0.15) is 5.75 Å². The van der Waals surface area contributed by atoms with Gasteiger partial charge < -0.3 is 15.0 Å². The number of carbonyl (C=O) groups excluding carboxylic acids is 3. The Morgan fingerprint density at radius 1 is 1.15 bits per heavy atom. The van der Waals surface area contributed by atoms with Crippen LogP contribution in [-0.2, 0) is 9.59 Å². The zero-order valence-electron chi connectivity index (χ0n) is 14.5. The minimum Gasteiger partial charge on any atom is -0.484 e. The lowest BCUT2D eigenvalue weighted by Crippen LogP contribution is -2.24. The van der Waals surface area contributed by atoms with E-state index in [0.717, 1.165) is 12.1 Å². The van der Waals surface area contributed by atoms with Crippen molar-refractivity contribution in [3.05, 3.63) is 54.1 Å². The molecule has 0 aliphatic carbocycles. The molecule has 2 aromatic rings. The van der Waals surface area contributed by atoms with Gasteiger partial charge in [-0.15, -0.1) is 0 Å². The molecule has 0 saturated carbocycles. The molecule has 0 bridgehead atoms. The molecule has 1 saturated heterocycles. The number of hydrogen-bond acceptors (Lipinski definition) is 4. The summed E-state index contributed by atoms with van der Waals surface area (Å²) < 4.78 is 5.43. The highest BCUT2D eigenvalue weighted by atomic mass is 16.5. The third-order valence-corrected chi connectivity index (χ3v) is 4.15. The second kappa shape index (κ2) is 7.82. The van der Waals surface area contributed by atoms with E-state index in [-0.39, 0.29) is 24.2 Å². The van der Waals surface area contributed by atoms with Crippen molar-refractivity contribution in [1.82, 2.24) is 0 Å². The normalized spacial score (nSPS) is 13.6. The molecule has 0 radical (unpaired) electrons. The largest absolute Gasteiger partial charge is 0.484 e. The highest BCUT2D eigenvalue weighted by Gasteiger charge is 2.21. The van der Waals surface area contributed by atoms with Crippen LogP contribution in [0.3, 0.4) is 0 Å². The molecule has 1 aliphatic heterocycles. The molecule has 6 nitrogen and oxygen atoms in total. The first-order valence-corrected chi connectivity index (χ1v) is 8.47. The summed E-state index contributed by atoms with van der Waals surface area (Å²) in [5.74, 6) is 0.295. The molecule has 0 aromatic heterocycles. The predicted molar refractivity (Wildman–Crippen MR) is 98.6 cm³/mol. The van der Waals surface area contributed by atoms with E-state index in [0.29, 0.717) is 30.0 Å². The molecule has 2 aromatic carbocycles. The molecular formula is C20H20N2O4. The monoisotopic (exact) mass is 352 g/mol. The number of amides is 2. The topological polar surface area (TPSA) is 75.7 Å². The zero-order chi connectivity index (χ0) is 18.5. The van der Waals surface area contributed by atoms with Crippen LogP contribution in [-0.4, -0.2) is 30.7 Å². The number of benzene rings is 2. The lowest BCUT2D eigenvalue weighted by atomic mass is 10.1. The first-order valence-electron chi connectivity index (χ1n) is 8.47. The number of nitrogens with zero attached hydrogens (tertiary/aromatic N) is 1. The van der Waals surface area contributed by atoms with Crippen molar-refractivity contribution >= 4 is 29.0 Å². The van der Waals surface area contributed by atoms with E-state index in [1.807, 2.05) is 6.07 Å². The average molecular weight is 352 g/mol. The van der Waals surface area contributed by atoms with Crippen molar-refractivity contribution in [3.63, 3.8) is 0 Å². The Balaban J connectivity index is 1.56. The van der Waals surface area contributed by atoms with Crippen molar-refractivity contribution in [2.45, 2.75) is 19.8 Å². The third-order valence-electron chi connectivity index (χ3n) is 4.15. The first-order chi connectivity index (χ1) is 12.5. The second-order valence-electron chi connectivity index (χ2n) is 6.12. The highest BCUT2D eigenvalue weighted by Crippen LogP contribution is 2.24. The van der Waals surface area contributed by atoms with Gasteiger partial charge in [-0.05, 0) is 55.8 Å². The van der Waals surface area contributed by atoms with Crippen LogP contribution in [0.2, 0.25) is 0 Å². The lowest BCUT2D eigenvalue weighted by molar-refractivity contribution is -0.118. The molecule has 3 rings (SSSR count). The van der Waals surface area contributed by atoms with E-state index in [4.69, 9.17) is 4.74 Å². The molecule has 1 heterocycles. The maximum atomic E-state index is 12.1. The van der Waals surface area contributed by atoms with Crippen LogP contribution in [0, 0.1) is 0 Å². The Kier molecular flexibility index (Phi) is 5.31. The van der Waals surface area contributed by atoms with Crippen molar-refractivity contribution < 1.29 is 19.1 Å². The van der Waals surface area contributed by atoms with E-state index in [9.17, 15) is 14.4 Å². The van der Waals surface area contributed by atoms with Crippen LogP contribution >= 0.6 is 0 Å². The van der Waals surface area contributed by atoms with Gasteiger partial charge in [-0.25, -0.2) is 0 Å². The summed E-state index contributed by atoms with van der Waals surface area (Å²) in [4.78, 5) is 36.9. The summed E-state index contributed by atoms with van der Waals surface area (Å²) in [5.41, 5.74) is 1.99. The number of carbonyl (C=O) groups is 3. The highest BCUT2D eigenvalue weighted by molar-refractivity contribution is 5.97. The van der Waals surface area contributed by atoms with Crippen LogP contribution in [0.1, 0.15) is 30.1 Å². The summed E-state index contributed by atoms with van der Waals surface area (Å²) in [6, 6.07) is 13.8. The van der Waals surface area contributed by atoms with Gasteiger partial charge in [0.05, 0.1) is 0 Å². The van der Waals surface area contributed by atoms with Gasteiger partial charge >= 0.3 is 0 Å². The fourth-order valence-corrected chi connectivity index (χ4v) is 2.80. The van der Waals surface area contributed by atoms with Gasteiger partial charge in [0, 0.05) is 29.9 Å². The smallest absolute Gasteiger partial charge is 0.262 e. The Labute approximate surface area is 151 Å². The predicted octanol–water partition coefficient (Wildman–Crippen LogP) is 3.03. The van der Waals surface area contributed by atoms with Gasteiger partial charge in [0.25, 0.3) is 5.91 Å². The van der Waals surface area contributed by atoms with E-state index < -0.39 is 0 Å². The summed E-state index contributed by atoms with van der Waals surface area (Å²) in [7, 11) is 0. The molecule has 1 aliphatic rings. The van der Waals surface area contributed by atoms with Crippen molar-refractivity contribution in [1.29, 1.82) is 0 Å². The van der Waals surface area contributed by atoms with E-state index >= 15 is 0 Å². The molecule has 1 N–H and O–H groups in total. The van der Waals surface area contributed by atoms with Crippen molar-refractivity contribution in [3.8, 4) is 5.75 Å². The van der Waals surface area contributed by atoms with E-state index in [1.165, 1.54) is 6.92 Å². The fourth-order valence-electron chi connectivity index (χ4n) is 2.80. The summed E-state index contributed by atoms with van der Waals surface area (Å²) in [5, 5.41) is 2.76. The zero-order valence-corrected chi connectivity index (χ0v) is 14.5. The number of ether oxygens (including phenoxy) is 1. The average Bonchev–Trinajstić information content (AvgIpc) is 3.06. The molecule has 26 heavy (non-hydrogen) atoms. The Morgan fingerprint density at radius 3 is 2.58 bits per heavy atom. The molecule has 1 fully saturated rings. The van der Waals surface area contributed by atoms with E-state index in [2.05, 4.69) is 5.32 Å². The van der Waals surface area contributed by atoms with Gasteiger partial charge in [-0.3, -0.25) is 14.4 Å². The van der Waals surface area contributed by atoms with Gasteiger partial charge in [-0.1, -0.05) is 6.07 Å². The molecule has 2 amide bonds. The number of nitrogens with one attached hydrogen (secondary N) is 1. The van der Waals surface area contributed by atoms with Crippen molar-refractivity contribution in [2.24, 2.45) is 0 Å². The standard InChI is InChI=1S/C20H20N2O4/c1-14(23)15-7-9-18(10-8-15)26-13-19(24)21-16-4-2-5-17(12-16)22-11-3-6-20(22)25/h2,4-5,7-10,12H,3,6,11,13H2,1H3,(H,21,24). The van der Waals surface area contributed by atoms with Crippen LogP contribution in [0.15, 0.2) is 48.5 Å². The second-order valence-corrected chi connectivity index (χ2v) is 6.12. The van der Waals surface area contributed by atoms with Crippen molar-refractivity contribution in [2.75, 3.05) is 23.4 Å². The van der Waals surface area contributed by atoms with Gasteiger partial charge in [0.15, 0.2) is 12.4 Å². The van der Waals surface area contributed by atoms with Crippen LogP contribution in [0.5, 0.6) is 5.75 Å². The first kappa shape index (κ1) is 17.7. The Morgan fingerprint density at radius 2 is 1.92 bits per heavy atom. The van der Waals surface area contributed by atoms with Crippen LogP contribution < -0.4 is 15.0 Å². The number of anilines is 2. The summed E-state index contributed by atoms with van der Waals surface area (Å²) in [6.45, 7) is 2.05. The molecular weight excluding hydrogens is 332 g/mol.